The van der Waals surface area contributed by atoms with E-state index in [1.54, 1.807) is 11.1 Å². The van der Waals surface area contributed by atoms with Gasteiger partial charge in [0.05, 0.1) is 0 Å². The second kappa shape index (κ2) is 7.99. The quantitative estimate of drug-likeness (QED) is 0.695. The first kappa shape index (κ1) is 21.0. The van der Waals surface area contributed by atoms with Crippen molar-refractivity contribution in [1.29, 1.82) is 0 Å². The zero-order valence-corrected chi connectivity index (χ0v) is 18.1. The number of fused-ring (bicyclic) bond motifs is 2. The molecule has 1 saturated carbocycles. The van der Waals surface area contributed by atoms with E-state index in [1.165, 1.54) is 0 Å². The predicted octanol–water partition coefficient (Wildman–Crippen LogP) is 3.81. The van der Waals surface area contributed by atoms with Crippen LogP contribution in [0.3, 0.4) is 0 Å². The van der Waals surface area contributed by atoms with Crippen molar-refractivity contribution >= 4 is 28.0 Å². The Labute approximate surface area is 173 Å². The van der Waals surface area contributed by atoms with Crippen molar-refractivity contribution in [1.82, 2.24) is 9.88 Å². The topological polar surface area (TPSA) is 89.0 Å². The summed E-state index contributed by atoms with van der Waals surface area (Å²) in [7, 11) is 0. The lowest BCUT2D eigenvalue weighted by Crippen LogP contribution is -2.61. The number of likely N-dealkylation sites (tertiary alicyclic amines) is 1. The highest BCUT2D eigenvalue weighted by molar-refractivity contribution is 9.10. The SMILES string of the molecule is CC(C)(C)OC(=O)N1CC2CCCC(C1)C2(OCC(=O)O)c1cccnc1Br. The van der Waals surface area contributed by atoms with Gasteiger partial charge in [0.15, 0.2) is 0 Å². The maximum Gasteiger partial charge on any atom is 0.410 e. The fourth-order valence-electron chi connectivity index (χ4n) is 4.52. The number of ether oxygens (including phenoxy) is 2. The Balaban J connectivity index is 1.96. The smallest absolute Gasteiger partial charge is 0.410 e. The number of pyridine rings is 1. The number of hydrogen-bond acceptors (Lipinski definition) is 5. The second-order valence-corrected chi connectivity index (χ2v) is 9.28. The zero-order chi connectivity index (χ0) is 20.5. The average Bonchev–Trinajstić information content (AvgIpc) is 2.58. The number of hydrogen-bond donors (Lipinski definition) is 1. The molecule has 1 N–H and O–H groups in total. The fraction of sp³-hybridized carbons (Fsp3) is 0.650. The zero-order valence-electron chi connectivity index (χ0n) is 16.5. The Morgan fingerprint density at radius 1 is 1.32 bits per heavy atom. The van der Waals surface area contributed by atoms with Crippen LogP contribution in [0, 0.1) is 11.8 Å². The van der Waals surface area contributed by atoms with Crippen LogP contribution in [0.25, 0.3) is 0 Å². The summed E-state index contributed by atoms with van der Waals surface area (Å²) in [6.07, 6.45) is 4.06. The Bertz CT molecular complexity index is 734. The van der Waals surface area contributed by atoms with Crippen molar-refractivity contribution in [2.24, 2.45) is 11.8 Å². The van der Waals surface area contributed by atoms with E-state index in [1.807, 2.05) is 32.9 Å². The number of rotatable bonds is 4. The normalized spacial score (nSPS) is 27.4. The molecule has 2 fully saturated rings. The van der Waals surface area contributed by atoms with Crippen molar-refractivity contribution in [3.63, 3.8) is 0 Å². The van der Waals surface area contributed by atoms with Gasteiger partial charge in [-0.05, 0) is 55.6 Å². The summed E-state index contributed by atoms with van der Waals surface area (Å²) in [6.45, 7) is 6.09. The first-order valence-electron chi connectivity index (χ1n) is 9.58. The van der Waals surface area contributed by atoms with Crippen LogP contribution in [0.2, 0.25) is 0 Å². The third-order valence-electron chi connectivity index (χ3n) is 5.47. The number of carbonyl (C=O) groups excluding carboxylic acids is 1. The van der Waals surface area contributed by atoms with Crippen LogP contribution in [0.4, 0.5) is 4.79 Å². The van der Waals surface area contributed by atoms with Gasteiger partial charge >= 0.3 is 12.1 Å². The molecule has 0 radical (unpaired) electrons. The summed E-state index contributed by atoms with van der Waals surface area (Å²) in [5, 5.41) is 9.27. The van der Waals surface area contributed by atoms with Crippen molar-refractivity contribution < 1.29 is 24.2 Å². The first-order chi connectivity index (χ1) is 13.1. The number of aromatic nitrogens is 1. The van der Waals surface area contributed by atoms with Gasteiger partial charge in [-0.1, -0.05) is 12.5 Å². The molecule has 28 heavy (non-hydrogen) atoms. The third-order valence-corrected chi connectivity index (χ3v) is 6.10. The molecule has 2 atom stereocenters. The highest BCUT2D eigenvalue weighted by Crippen LogP contribution is 2.53. The summed E-state index contributed by atoms with van der Waals surface area (Å²) in [4.78, 5) is 30.1. The predicted molar refractivity (Wildman–Crippen MR) is 106 cm³/mol. The van der Waals surface area contributed by atoms with E-state index in [0.29, 0.717) is 17.7 Å². The molecule has 2 bridgehead atoms. The molecule has 1 aliphatic heterocycles. The van der Waals surface area contributed by atoms with Crippen LogP contribution >= 0.6 is 15.9 Å². The van der Waals surface area contributed by atoms with Crippen molar-refractivity contribution in [3.8, 4) is 0 Å². The maximum atomic E-state index is 12.7. The Morgan fingerprint density at radius 3 is 2.50 bits per heavy atom. The van der Waals surface area contributed by atoms with Gasteiger partial charge in [-0.15, -0.1) is 0 Å². The third kappa shape index (κ3) is 4.17. The molecule has 1 aromatic heterocycles. The number of carbonyl (C=O) groups is 2. The minimum absolute atomic E-state index is 0.0348. The van der Waals surface area contributed by atoms with Gasteiger partial charge in [0.2, 0.25) is 0 Å². The van der Waals surface area contributed by atoms with Crippen LogP contribution in [-0.2, 0) is 19.9 Å². The number of piperidine rings is 1. The number of amides is 1. The molecule has 1 aromatic rings. The Morgan fingerprint density at radius 2 is 1.96 bits per heavy atom. The van der Waals surface area contributed by atoms with Crippen LogP contribution in [0.15, 0.2) is 22.9 Å². The molecular weight excluding hydrogens is 428 g/mol. The van der Waals surface area contributed by atoms with Gasteiger partial charge < -0.3 is 19.5 Å². The number of aliphatic carboxylic acids is 1. The molecule has 8 heteroatoms. The lowest BCUT2D eigenvalue weighted by Gasteiger charge is -2.55. The number of carboxylic acid groups (broad SMARTS) is 1. The van der Waals surface area contributed by atoms with Crippen LogP contribution in [0.5, 0.6) is 0 Å². The minimum Gasteiger partial charge on any atom is -0.480 e. The van der Waals surface area contributed by atoms with E-state index in [0.717, 1.165) is 24.8 Å². The summed E-state index contributed by atoms with van der Waals surface area (Å²) in [5.41, 5.74) is -0.496. The summed E-state index contributed by atoms with van der Waals surface area (Å²) in [6, 6.07) is 3.77. The summed E-state index contributed by atoms with van der Waals surface area (Å²) < 4.78 is 12.4. The standard InChI is InChI=1S/C20H27BrN2O5/c1-19(2,3)28-18(26)23-10-13-6-4-7-14(11-23)20(13,27-12-16(24)25)15-8-5-9-22-17(15)21/h5,8-9,13-14H,4,6-7,10-12H2,1-3H3,(H,24,25). The molecule has 2 unspecified atom stereocenters. The van der Waals surface area contributed by atoms with E-state index in [9.17, 15) is 14.7 Å². The summed E-state index contributed by atoms with van der Waals surface area (Å²) >= 11 is 3.52. The van der Waals surface area contributed by atoms with Crippen LogP contribution < -0.4 is 0 Å². The highest BCUT2D eigenvalue weighted by atomic mass is 79.9. The molecule has 3 rings (SSSR count). The van der Waals surface area contributed by atoms with Crippen molar-refractivity contribution in [2.75, 3.05) is 19.7 Å². The van der Waals surface area contributed by atoms with E-state index >= 15 is 0 Å². The molecular formula is C20H27BrN2O5. The largest absolute Gasteiger partial charge is 0.480 e. The number of halogens is 1. The molecule has 1 saturated heterocycles. The molecule has 0 spiro atoms. The average molecular weight is 455 g/mol. The number of nitrogens with zero attached hydrogens (tertiary/aromatic N) is 2. The molecule has 0 aromatic carbocycles. The van der Waals surface area contributed by atoms with Crippen molar-refractivity contribution in [3.05, 3.63) is 28.5 Å². The van der Waals surface area contributed by atoms with E-state index in [-0.39, 0.29) is 24.5 Å². The van der Waals surface area contributed by atoms with Gasteiger partial charge in [-0.3, -0.25) is 0 Å². The van der Waals surface area contributed by atoms with E-state index in [4.69, 9.17) is 9.47 Å². The van der Waals surface area contributed by atoms with Gasteiger partial charge in [0.1, 0.15) is 22.4 Å². The van der Waals surface area contributed by atoms with Gasteiger partial charge in [-0.25, -0.2) is 14.6 Å². The molecule has 7 nitrogen and oxygen atoms in total. The highest BCUT2D eigenvalue weighted by Gasteiger charge is 2.56. The monoisotopic (exact) mass is 454 g/mol. The lowest BCUT2D eigenvalue weighted by molar-refractivity contribution is -0.193. The molecule has 2 aliphatic rings. The minimum atomic E-state index is -1.01. The van der Waals surface area contributed by atoms with E-state index in [2.05, 4.69) is 20.9 Å². The molecule has 154 valence electrons. The second-order valence-electron chi connectivity index (χ2n) is 8.53. The molecule has 1 aliphatic carbocycles. The maximum absolute atomic E-state index is 12.7. The van der Waals surface area contributed by atoms with Gasteiger partial charge in [0.25, 0.3) is 0 Å². The lowest BCUT2D eigenvalue weighted by atomic mass is 9.62. The van der Waals surface area contributed by atoms with Gasteiger partial charge in [-0.2, -0.15) is 0 Å². The van der Waals surface area contributed by atoms with Crippen molar-refractivity contribution in [2.45, 2.75) is 51.2 Å². The Kier molecular flexibility index (Phi) is 6.00. The molecule has 1 amide bonds. The van der Waals surface area contributed by atoms with Crippen LogP contribution in [0.1, 0.15) is 45.6 Å². The van der Waals surface area contributed by atoms with Gasteiger partial charge in [0, 0.05) is 36.7 Å². The number of carboxylic acids is 1. The van der Waals surface area contributed by atoms with E-state index < -0.39 is 17.2 Å². The first-order valence-corrected chi connectivity index (χ1v) is 10.4. The fourth-order valence-corrected chi connectivity index (χ4v) is 5.08. The molecule has 2 heterocycles. The van der Waals surface area contributed by atoms with Crippen LogP contribution in [-0.4, -0.2) is 52.4 Å². The summed E-state index contributed by atoms with van der Waals surface area (Å²) in [5.74, 6) is -1.08. The Hall–Kier alpha value is -1.67.